The number of halogens is 5. The van der Waals surface area contributed by atoms with Gasteiger partial charge >= 0.3 is 0 Å². The molecule has 0 aliphatic heterocycles. The Hall–Kier alpha value is -13.8. The smallest absolute Gasteiger partial charge is 0.230 e. The zero-order valence-electron chi connectivity index (χ0n) is 71.3. The van der Waals surface area contributed by atoms with Crippen LogP contribution in [0.15, 0.2) is 334 Å². The molecule has 132 heavy (non-hydrogen) atoms. The number of hydrogen-bond acceptors (Lipinski definition) is 14. The number of hydrogen-bond donors (Lipinski definition) is 7. The van der Waals surface area contributed by atoms with Crippen LogP contribution in [-0.2, 0) is 35.4 Å². The second kappa shape index (κ2) is 56.6. The van der Waals surface area contributed by atoms with Crippen LogP contribution >= 0.6 is 27.5 Å². The summed E-state index contributed by atoms with van der Waals surface area (Å²) in [5.74, 6) is 1.16. The van der Waals surface area contributed by atoms with Crippen LogP contribution in [0.25, 0.3) is 9.69 Å². The van der Waals surface area contributed by atoms with Crippen molar-refractivity contribution in [2.75, 3.05) is 22.1 Å². The molecular formula is C95H78B11BrClF3N14O6W-. The van der Waals surface area contributed by atoms with Crippen molar-refractivity contribution in [1.82, 2.24) is 15.0 Å². The summed E-state index contributed by atoms with van der Waals surface area (Å²) in [6.07, 6.45) is 8.25. The number of aromatic nitrogens is 3. The van der Waals surface area contributed by atoms with Crippen molar-refractivity contribution in [3.05, 3.63) is 427 Å². The summed E-state index contributed by atoms with van der Waals surface area (Å²) >= 11 is 8.16. The maximum atomic E-state index is 13.5. The van der Waals surface area contributed by atoms with Crippen LogP contribution in [0.5, 0.6) is 11.5 Å². The zero-order valence-corrected chi connectivity index (χ0v) is 76.6. The van der Waals surface area contributed by atoms with Crippen molar-refractivity contribution in [2.45, 2.75) is 38.5 Å². The van der Waals surface area contributed by atoms with Gasteiger partial charge in [0, 0.05) is 199 Å². The summed E-state index contributed by atoms with van der Waals surface area (Å²) in [7, 11) is 33.5. The van der Waals surface area contributed by atoms with E-state index in [2.05, 4.69) is 61.2 Å². The van der Waals surface area contributed by atoms with Gasteiger partial charge in [-0.05, 0) is 140 Å². The average molecular weight is 1990 g/mol. The molecule has 20 nitrogen and oxygen atoms in total. The molecule has 0 spiro atoms. The molecule has 0 bridgehead atoms. The van der Waals surface area contributed by atoms with Crippen LogP contribution in [0.4, 0.5) is 59.1 Å². The predicted octanol–water partition coefficient (Wildman–Crippen LogP) is 17.4. The average Bonchev–Trinajstić information content (AvgIpc) is 0.890. The molecule has 13 aromatic rings. The van der Waals surface area contributed by atoms with Gasteiger partial charge in [-0.15, -0.1) is 0 Å². The molecule has 9 N–H and O–H groups in total. The van der Waals surface area contributed by atoms with E-state index in [1.54, 1.807) is 60.8 Å². The van der Waals surface area contributed by atoms with Crippen LogP contribution in [0, 0.1) is 83.8 Å². The number of H-pyrrole nitrogens is 2. The third-order valence-corrected chi connectivity index (χ3v) is 19.3. The summed E-state index contributed by atoms with van der Waals surface area (Å²) in [6.45, 7) is 14.2. The number of benzene rings is 10. The quantitative estimate of drug-likeness (QED) is 0.0131. The topological polar surface area (TPSA) is 320 Å². The van der Waals surface area contributed by atoms with E-state index in [0.717, 1.165) is 83.3 Å². The Labute approximate surface area is 803 Å². The molecule has 639 valence electrons. The van der Waals surface area contributed by atoms with Gasteiger partial charge in [0.1, 0.15) is 58.5 Å². The van der Waals surface area contributed by atoms with E-state index in [4.69, 9.17) is 103 Å². The van der Waals surface area contributed by atoms with E-state index in [-0.39, 0.29) is 97.4 Å². The Morgan fingerprint density at radius 2 is 0.955 bits per heavy atom. The number of nitrogen functional groups attached to an aromatic ring is 2. The Balaban J connectivity index is 0.000000235. The Morgan fingerprint density at radius 3 is 1.33 bits per heavy atom. The molecule has 3 heterocycles. The summed E-state index contributed by atoms with van der Waals surface area (Å²) < 4.78 is 45.9. The molecule has 10 aromatic carbocycles. The third kappa shape index (κ3) is 37.3. The maximum Gasteiger partial charge on any atom is 0.230 e. The minimum atomic E-state index is -0.648. The molecule has 3 aliphatic rings. The summed E-state index contributed by atoms with van der Waals surface area (Å²) in [5.41, 5.74) is 20.6. The number of nitrogens with zero attached hydrogens (tertiary/aromatic N) is 7. The van der Waals surface area contributed by atoms with E-state index in [1.165, 1.54) is 80.1 Å². The van der Waals surface area contributed by atoms with Gasteiger partial charge in [0.25, 0.3) is 0 Å². The van der Waals surface area contributed by atoms with Crippen LogP contribution in [0.2, 0.25) is 0 Å². The number of carbonyl (C=O) groups is 3. The summed E-state index contributed by atoms with van der Waals surface area (Å²) in [4.78, 5) is 79.7. The molecule has 16 rings (SSSR count). The van der Waals surface area contributed by atoms with E-state index < -0.39 is 36.6 Å². The number of rotatable bonds is 19. The molecule has 37 heteroatoms. The molecule has 13 radical (unpaired) electrons. The Kier molecular flexibility index (Phi) is 45.9. The molecule has 3 aromatic heterocycles. The van der Waals surface area contributed by atoms with Gasteiger partial charge in [-0.2, -0.15) is 10.5 Å². The van der Waals surface area contributed by atoms with Crippen LogP contribution in [0.3, 0.4) is 0 Å². The molecule has 0 atom stereocenters. The fourth-order valence-electron chi connectivity index (χ4n) is 11.2. The van der Waals surface area contributed by atoms with Crippen LogP contribution in [-0.4, -0.2) is 128 Å². The zero-order chi connectivity index (χ0) is 93.9. The number of nitrogens with one attached hydrogen (secondary N) is 5. The number of ether oxygens (including phenoxy) is 1. The monoisotopic (exact) mass is 1990 g/mol. The van der Waals surface area contributed by atoms with Gasteiger partial charge in [0.15, 0.2) is 10.9 Å². The third-order valence-electron chi connectivity index (χ3n) is 18.5. The molecule has 0 unspecified atom stereocenters. The van der Waals surface area contributed by atoms with Gasteiger partial charge < -0.3 is 44.2 Å². The maximum absolute atomic E-state index is 13.5. The normalized spacial score (nSPS) is 11.1. The SMILES string of the molecule is N#Cc1cc(Br)ccc1F.N#Cc1cc(N=C(c2ccccc2)c2ccccc2)ccc1F.N=C(c1ccccc1)c1ccccc1.Nc1cc(=O)cc[nH]1.O=C(Cl)C1CC1.O=C(Nc1cc(=O)cc[nH]1)C1CC1.[B][B]B([B])B(B([B])[B])B([B])[B].[C-]#[N+]c1cc(N)ccc1Oc1ccnc(NC(=O)C2CC2)c1.[C-]#[N+]c1cc(N=C(c2ccccc2)c2ccccc2)ccc1F.[CH3-].[W]. The molecule has 2 amide bonds. The van der Waals surface area contributed by atoms with E-state index in [1.807, 2.05) is 188 Å². The number of anilines is 4. The van der Waals surface area contributed by atoms with Crippen molar-refractivity contribution < 1.29 is 53.4 Å². The van der Waals surface area contributed by atoms with Crippen molar-refractivity contribution >= 4 is 187 Å². The molecule has 3 fully saturated rings. The number of nitrogens with two attached hydrogens (primary N) is 2. The fraction of sp³-hybridized carbons (Fsp3) is 0.0947. The van der Waals surface area contributed by atoms with E-state index in [0.29, 0.717) is 61.9 Å². The minimum Gasteiger partial charge on any atom is -0.468 e. The van der Waals surface area contributed by atoms with Gasteiger partial charge in [0.05, 0.1) is 52.8 Å². The fourth-order valence-corrected chi connectivity index (χ4v) is 11.8. The Morgan fingerprint density at radius 1 is 0.538 bits per heavy atom. The Bertz CT molecular complexity index is 6030. The van der Waals surface area contributed by atoms with E-state index in [9.17, 15) is 37.1 Å². The first kappa shape index (κ1) is 107. The molecule has 3 aliphatic carbocycles. The van der Waals surface area contributed by atoms with Crippen LogP contribution < -0.4 is 37.7 Å². The number of amides is 2. The number of aromatic amines is 2. The van der Waals surface area contributed by atoms with Crippen molar-refractivity contribution in [1.29, 1.82) is 15.9 Å². The standard InChI is InChI=1S/2C20H13FN2.C16H14N4O2.C13H11N.C9H10N2O2.C7H3BrFN.C5H6N2O.C4H5ClO.CH3.B11.W/c1-22-19-14-17(12-13-18(19)21)23-20(15-8-4-2-5-9-15)16-10-6-3-7-11-16;21-19-12-11-18(13-17(19)14-22)23-20(15-7-3-1-4-8-15)16-9-5-2-6-10-16;1-18-13-8-11(17)4-5-14(13)22-12-6-7-19-15(9-12)20-16(21)10-2-3-10;14-13(11-7-3-1-4-8-11)12-9-5-2-6-10-12;12-7-3-4-10-8(5-7)11-9(13)6-1-2-6;8-6-1-2-7(9)5(3-6)4-10;6-5-3-4(8)1-2-7-5;5-4(6)3-1-2-3;;1-7-10(6)11(8(2)3)9(4)5;/h2-14H;1-13H;4-10H,2-3,17H2,(H,19,20,21);1-10,14H;3-6H,1-2H2,(H2,10,11,12,13);1-3H;1-3H,(H3,6,7,8);3H,1-2H2;1H3;;/q;;;;;;;;-1;;. The van der Waals surface area contributed by atoms with Crippen molar-refractivity contribution in [2.24, 2.45) is 27.7 Å². The minimum absolute atomic E-state index is 0. The number of nitriles is 2. The van der Waals surface area contributed by atoms with Crippen LogP contribution in [0.1, 0.15) is 83.0 Å². The first-order valence-electron chi connectivity index (χ1n) is 40.2. The first-order valence-corrected chi connectivity index (χ1v) is 41.3. The van der Waals surface area contributed by atoms with Crippen molar-refractivity contribution in [3.8, 4) is 23.6 Å². The van der Waals surface area contributed by atoms with Crippen molar-refractivity contribution in [3.63, 3.8) is 0 Å². The van der Waals surface area contributed by atoms with Gasteiger partial charge in [0.2, 0.25) is 28.4 Å². The largest absolute Gasteiger partial charge is 0.468 e. The van der Waals surface area contributed by atoms with E-state index >= 15 is 0 Å². The number of pyridine rings is 3. The second-order valence-electron chi connectivity index (χ2n) is 28.6. The summed E-state index contributed by atoms with van der Waals surface area (Å²) in [6, 6.07) is 88.8. The number of carbonyl (C=O) groups excluding carboxylic acids is 3. The summed E-state index contributed by atoms with van der Waals surface area (Å²) in [5, 5.41) is 30.5. The molecule has 0 saturated heterocycles. The molecule has 3 saturated carbocycles. The second-order valence-corrected chi connectivity index (χ2v) is 29.9. The first-order chi connectivity index (χ1) is 62.7. The molecular weight excluding hydrogens is 1910 g/mol. The predicted molar refractivity (Wildman–Crippen MR) is 534 cm³/mol. The van der Waals surface area contributed by atoms with Gasteiger partial charge in [-0.1, -0.05) is 198 Å². The van der Waals surface area contributed by atoms with Gasteiger partial charge in [-0.3, -0.25) is 29.4 Å². The van der Waals surface area contributed by atoms with Gasteiger partial charge in [-0.25, -0.2) is 37.8 Å². The number of aliphatic imine (C=N–C) groups is 2.